The van der Waals surface area contributed by atoms with Crippen LogP contribution in [0.4, 0.5) is 0 Å². The van der Waals surface area contributed by atoms with Crippen LogP contribution >= 0.6 is 0 Å². The van der Waals surface area contributed by atoms with E-state index >= 15 is 0 Å². The van der Waals surface area contributed by atoms with Crippen molar-refractivity contribution in [3.8, 4) is 28.3 Å². The lowest BCUT2D eigenvalue weighted by Gasteiger charge is -2.14. The molecule has 4 aromatic rings. The van der Waals surface area contributed by atoms with E-state index in [1.54, 1.807) is 12.4 Å². The van der Waals surface area contributed by atoms with Gasteiger partial charge in [-0.05, 0) is 35.6 Å². The Bertz CT molecular complexity index is 1430. The van der Waals surface area contributed by atoms with E-state index in [-0.39, 0.29) is 18.1 Å². The van der Waals surface area contributed by atoms with Crippen molar-refractivity contribution in [1.82, 2.24) is 20.4 Å². The Morgan fingerprint density at radius 2 is 1.57 bits per heavy atom. The Hall–Kier alpha value is -4.53. The molecule has 9 nitrogen and oxygen atoms in total. The zero-order valence-electron chi connectivity index (χ0n) is 24.4. The Kier molecular flexibility index (Phi) is 10.8. The number of carbonyl (C=O) groups excluding carboxylic acids is 1. The van der Waals surface area contributed by atoms with Crippen molar-refractivity contribution in [2.45, 2.75) is 71.3 Å². The molecule has 2 aromatic heterocycles. The number of amides is 1. The van der Waals surface area contributed by atoms with Crippen molar-refractivity contribution in [1.29, 1.82) is 0 Å². The summed E-state index contributed by atoms with van der Waals surface area (Å²) in [5.41, 5.74) is 4.07. The van der Waals surface area contributed by atoms with Gasteiger partial charge in [-0.3, -0.25) is 4.79 Å². The van der Waals surface area contributed by atoms with Gasteiger partial charge in [-0.1, -0.05) is 88.0 Å². The summed E-state index contributed by atoms with van der Waals surface area (Å²) in [4.78, 5) is 33.4. The van der Waals surface area contributed by atoms with Gasteiger partial charge in [-0.15, -0.1) is 0 Å². The van der Waals surface area contributed by atoms with E-state index in [1.807, 2.05) is 62.4 Å². The summed E-state index contributed by atoms with van der Waals surface area (Å²) in [5, 5.41) is 16.1. The van der Waals surface area contributed by atoms with Gasteiger partial charge in [0.05, 0.1) is 12.3 Å². The maximum atomic E-state index is 12.5. The number of ether oxygens (including phenoxy) is 1. The van der Waals surface area contributed by atoms with Crippen LogP contribution < -0.4 is 10.1 Å². The lowest BCUT2D eigenvalue weighted by molar-refractivity contribution is -0.139. The number of aromatic nitrogens is 3. The summed E-state index contributed by atoms with van der Waals surface area (Å²) < 4.78 is 10.9. The molecule has 0 aliphatic heterocycles. The molecule has 42 heavy (non-hydrogen) atoms. The van der Waals surface area contributed by atoms with Gasteiger partial charge < -0.3 is 19.7 Å². The van der Waals surface area contributed by atoms with E-state index in [4.69, 9.17) is 9.26 Å². The summed E-state index contributed by atoms with van der Waals surface area (Å²) in [7, 11) is 0. The summed E-state index contributed by atoms with van der Waals surface area (Å²) >= 11 is 0. The first-order valence-electron chi connectivity index (χ1n) is 14.5. The summed E-state index contributed by atoms with van der Waals surface area (Å²) in [5.74, 6) is -0.273. The fourth-order valence-electron chi connectivity index (χ4n) is 4.39. The number of rotatable bonds is 15. The zero-order valence-corrected chi connectivity index (χ0v) is 24.4. The van der Waals surface area contributed by atoms with Crippen molar-refractivity contribution in [3.05, 3.63) is 84.0 Å². The van der Waals surface area contributed by atoms with Crippen molar-refractivity contribution in [2.24, 2.45) is 0 Å². The molecule has 0 saturated heterocycles. The highest BCUT2D eigenvalue weighted by atomic mass is 16.5. The number of hydrogen-bond acceptors (Lipinski definition) is 7. The van der Waals surface area contributed by atoms with Gasteiger partial charge in [0.1, 0.15) is 11.8 Å². The van der Waals surface area contributed by atoms with E-state index < -0.39 is 17.9 Å². The highest BCUT2D eigenvalue weighted by Gasteiger charge is 2.24. The third-order valence-corrected chi connectivity index (χ3v) is 6.96. The maximum absolute atomic E-state index is 12.5. The molecule has 2 N–H and O–H groups in total. The monoisotopic (exact) mass is 570 g/mol. The normalized spacial score (nSPS) is 11.8. The average Bonchev–Trinajstić information content (AvgIpc) is 3.51. The number of benzene rings is 2. The predicted molar refractivity (Wildman–Crippen MR) is 160 cm³/mol. The lowest BCUT2D eigenvalue weighted by Crippen LogP contribution is -2.42. The molecule has 9 heteroatoms. The predicted octanol–water partition coefficient (Wildman–Crippen LogP) is 6.70. The van der Waals surface area contributed by atoms with Gasteiger partial charge in [0.15, 0.2) is 5.82 Å². The SMILES string of the molecule is CCCCCCCOc1ccc(-c2cnc(-c3ccc(C[C@H](NC(=O)c4cc(C(C)C)no4)C(=O)O)cc3)nc2)cc1. The summed E-state index contributed by atoms with van der Waals surface area (Å²) in [6.45, 7) is 6.79. The van der Waals surface area contributed by atoms with Gasteiger partial charge in [-0.2, -0.15) is 0 Å². The first kappa shape index (κ1) is 30.4. The van der Waals surface area contributed by atoms with Gasteiger partial charge >= 0.3 is 5.97 Å². The number of hydrogen-bond donors (Lipinski definition) is 2. The number of nitrogens with zero attached hydrogens (tertiary/aromatic N) is 3. The van der Waals surface area contributed by atoms with E-state index in [0.717, 1.165) is 41.0 Å². The van der Waals surface area contributed by atoms with Crippen molar-refractivity contribution in [2.75, 3.05) is 6.61 Å². The van der Waals surface area contributed by atoms with E-state index in [9.17, 15) is 14.7 Å². The first-order valence-corrected chi connectivity index (χ1v) is 14.5. The number of carboxylic acids is 1. The van der Waals surface area contributed by atoms with Gasteiger partial charge in [0, 0.05) is 36.0 Å². The van der Waals surface area contributed by atoms with Crippen LogP contribution in [0.1, 0.15) is 80.6 Å². The Balaban J connectivity index is 1.32. The fraction of sp³-hybridized carbons (Fsp3) is 0.364. The Morgan fingerprint density at radius 1 is 0.905 bits per heavy atom. The van der Waals surface area contributed by atoms with Crippen LogP contribution in [0.25, 0.3) is 22.5 Å². The average molecular weight is 571 g/mol. The minimum Gasteiger partial charge on any atom is -0.494 e. The molecule has 1 atom stereocenters. The molecule has 0 unspecified atom stereocenters. The van der Waals surface area contributed by atoms with E-state index in [2.05, 4.69) is 27.4 Å². The zero-order chi connectivity index (χ0) is 29.9. The molecule has 220 valence electrons. The Morgan fingerprint density at radius 3 is 2.19 bits per heavy atom. The molecule has 0 aliphatic rings. The minimum atomic E-state index is -1.14. The molecule has 0 spiro atoms. The molecule has 2 aromatic carbocycles. The molecule has 4 rings (SSSR count). The molecule has 0 radical (unpaired) electrons. The van der Waals surface area contributed by atoms with Crippen LogP contribution in [0.2, 0.25) is 0 Å². The summed E-state index contributed by atoms with van der Waals surface area (Å²) in [6.07, 6.45) is 9.71. The number of unbranched alkanes of at least 4 members (excludes halogenated alkanes) is 4. The van der Waals surface area contributed by atoms with Crippen LogP contribution in [-0.4, -0.2) is 44.8 Å². The van der Waals surface area contributed by atoms with Crippen LogP contribution in [0.5, 0.6) is 5.75 Å². The second-order valence-electron chi connectivity index (χ2n) is 10.6. The molecule has 0 bridgehead atoms. The molecular formula is C33H38N4O5. The standard InChI is InChI=1S/C33H38N4O5/c1-4-5-6-7-8-17-41-27-15-13-24(14-16-27)26-20-34-31(35-21-26)25-11-9-23(10-12-25)18-29(33(39)40)36-32(38)30-19-28(22(2)3)37-42-30/h9-16,19-22,29H,4-8,17-18H2,1-3H3,(H,36,38)(H,39,40)/t29-/m0/s1. The molecule has 2 heterocycles. The van der Waals surface area contributed by atoms with Gasteiger partial charge in [-0.25, -0.2) is 14.8 Å². The van der Waals surface area contributed by atoms with Crippen molar-refractivity contribution in [3.63, 3.8) is 0 Å². The minimum absolute atomic E-state index is 0.0154. The lowest BCUT2D eigenvalue weighted by atomic mass is 10.0. The van der Waals surface area contributed by atoms with Crippen LogP contribution in [0, 0.1) is 0 Å². The first-order chi connectivity index (χ1) is 20.3. The summed E-state index contributed by atoms with van der Waals surface area (Å²) in [6, 6.07) is 15.6. The van der Waals surface area contributed by atoms with Crippen LogP contribution in [0.3, 0.4) is 0 Å². The largest absolute Gasteiger partial charge is 0.494 e. The van der Waals surface area contributed by atoms with Crippen LogP contribution in [0.15, 0.2) is 71.5 Å². The quantitative estimate of drug-likeness (QED) is 0.151. The van der Waals surface area contributed by atoms with Crippen molar-refractivity contribution < 1.29 is 24.0 Å². The maximum Gasteiger partial charge on any atom is 0.326 e. The van der Waals surface area contributed by atoms with E-state index in [1.165, 1.54) is 31.7 Å². The molecular weight excluding hydrogens is 532 g/mol. The second-order valence-corrected chi connectivity index (χ2v) is 10.6. The Labute approximate surface area is 246 Å². The molecule has 0 saturated carbocycles. The third kappa shape index (κ3) is 8.49. The number of nitrogens with one attached hydrogen (secondary N) is 1. The van der Waals surface area contributed by atoms with Crippen molar-refractivity contribution >= 4 is 11.9 Å². The van der Waals surface area contributed by atoms with Gasteiger partial charge in [0.2, 0.25) is 5.76 Å². The molecule has 1 amide bonds. The highest BCUT2D eigenvalue weighted by Crippen LogP contribution is 2.24. The molecule has 0 aliphatic carbocycles. The number of aliphatic carboxylic acids is 1. The second kappa shape index (κ2) is 14.9. The highest BCUT2D eigenvalue weighted by molar-refractivity contribution is 5.94. The van der Waals surface area contributed by atoms with Crippen LogP contribution in [-0.2, 0) is 11.2 Å². The topological polar surface area (TPSA) is 127 Å². The number of carbonyl (C=O) groups is 2. The van der Waals surface area contributed by atoms with Gasteiger partial charge in [0.25, 0.3) is 5.91 Å². The number of carboxylic acid groups (broad SMARTS) is 1. The molecule has 0 fully saturated rings. The van der Waals surface area contributed by atoms with E-state index in [0.29, 0.717) is 11.5 Å². The smallest absolute Gasteiger partial charge is 0.326 e. The fourth-order valence-corrected chi connectivity index (χ4v) is 4.39. The third-order valence-electron chi connectivity index (χ3n) is 6.96.